The molecule has 0 atom stereocenters. The first-order chi connectivity index (χ1) is 13.6. The van der Waals surface area contributed by atoms with Crippen LogP contribution in [0.5, 0.6) is 5.75 Å². The van der Waals surface area contributed by atoms with E-state index >= 15 is 0 Å². The van der Waals surface area contributed by atoms with Gasteiger partial charge in [0.15, 0.2) is 5.69 Å². The molecular weight excluding hydrogens is 380 g/mol. The largest absolute Gasteiger partial charge is 0.494 e. The molecule has 28 heavy (non-hydrogen) atoms. The van der Waals surface area contributed by atoms with Crippen molar-refractivity contribution in [2.24, 2.45) is 0 Å². The molecule has 1 aliphatic rings. The van der Waals surface area contributed by atoms with Gasteiger partial charge in [-0.05, 0) is 37.1 Å². The van der Waals surface area contributed by atoms with Gasteiger partial charge in [-0.15, -0.1) is 11.8 Å². The van der Waals surface area contributed by atoms with E-state index in [0.29, 0.717) is 17.3 Å². The monoisotopic (exact) mass is 400 g/mol. The minimum atomic E-state index is -0.747. The van der Waals surface area contributed by atoms with Gasteiger partial charge in [-0.1, -0.05) is 18.2 Å². The third-order valence-electron chi connectivity index (χ3n) is 4.16. The first-order valence-corrected chi connectivity index (χ1v) is 9.88. The standard InChI is InChI=1S/C20H20N2O5S/c1-26-20(25)18-16-17(21-22-18)14(23)12-15(19(16)24)28-11-7-3-6-10-27-13-8-4-2-5-9-13/h2,4-5,8-9,12H,3,6-7,10-11H2,1H3,(H,21,22). The summed E-state index contributed by atoms with van der Waals surface area (Å²) >= 11 is 1.31. The highest BCUT2D eigenvalue weighted by Crippen LogP contribution is 2.30. The summed E-state index contributed by atoms with van der Waals surface area (Å²) in [7, 11) is 1.20. The van der Waals surface area contributed by atoms with E-state index in [1.54, 1.807) is 0 Å². The van der Waals surface area contributed by atoms with E-state index in [-0.39, 0.29) is 28.5 Å². The number of benzene rings is 1. The van der Waals surface area contributed by atoms with Crippen molar-refractivity contribution in [3.8, 4) is 5.75 Å². The summed E-state index contributed by atoms with van der Waals surface area (Å²) in [5.74, 6) is 0.0582. The number of nitrogens with one attached hydrogen (secondary N) is 1. The Morgan fingerprint density at radius 1 is 1.14 bits per heavy atom. The molecule has 1 aromatic carbocycles. The number of H-pyrrole nitrogens is 1. The summed E-state index contributed by atoms with van der Waals surface area (Å²) in [6, 6.07) is 9.64. The number of nitrogens with zero attached hydrogens (tertiary/aromatic N) is 1. The molecule has 1 N–H and O–H groups in total. The third-order valence-corrected chi connectivity index (χ3v) is 5.27. The van der Waals surface area contributed by atoms with E-state index in [4.69, 9.17) is 4.74 Å². The summed E-state index contributed by atoms with van der Waals surface area (Å²) in [5, 5.41) is 6.22. The highest BCUT2D eigenvalue weighted by molar-refractivity contribution is 8.04. The van der Waals surface area contributed by atoms with Crippen LogP contribution in [0.4, 0.5) is 0 Å². The Morgan fingerprint density at radius 3 is 2.68 bits per heavy atom. The molecule has 0 spiro atoms. The molecule has 0 saturated heterocycles. The second-order valence-corrected chi connectivity index (χ2v) is 7.22. The molecule has 0 saturated carbocycles. The first kappa shape index (κ1) is 19.9. The lowest BCUT2D eigenvalue weighted by Gasteiger charge is -2.11. The molecule has 0 bridgehead atoms. The van der Waals surface area contributed by atoms with Crippen molar-refractivity contribution in [1.82, 2.24) is 10.2 Å². The fraction of sp³-hybridized carbons (Fsp3) is 0.300. The number of aromatic amines is 1. The fourth-order valence-electron chi connectivity index (χ4n) is 2.74. The van der Waals surface area contributed by atoms with Crippen molar-refractivity contribution in [2.75, 3.05) is 19.5 Å². The molecule has 0 radical (unpaired) electrons. The molecule has 0 amide bonds. The van der Waals surface area contributed by atoms with Crippen molar-refractivity contribution >= 4 is 29.3 Å². The topological polar surface area (TPSA) is 98.3 Å². The number of carbonyl (C=O) groups excluding carboxylic acids is 3. The highest BCUT2D eigenvalue weighted by Gasteiger charge is 2.34. The van der Waals surface area contributed by atoms with Crippen LogP contribution in [0.1, 0.15) is 50.6 Å². The molecule has 0 fully saturated rings. The van der Waals surface area contributed by atoms with Crippen LogP contribution in [0.2, 0.25) is 0 Å². The number of ketones is 2. The molecule has 1 aromatic heterocycles. The quantitative estimate of drug-likeness (QED) is 0.508. The van der Waals surface area contributed by atoms with Crippen LogP contribution in [0.15, 0.2) is 41.3 Å². The van der Waals surface area contributed by atoms with Gasteiger partial charge in [0.25, 0.3) is 0 Å². The minimum Gasteiger partial charge on any atom is -0.494 e. The Bertz CT molecular complexity index is 905. The summed E-state index contributed by atoms with van der Waals surface area (Å²) in [5.41, 5.74) is -0.119. The van der Waals surface area contributed by atoms with Crippen LogP contribution < -0.4 is 4.74 Å². The summed E-state index contributed by atoms with van der Waals surface area (Å²) < 4.78 is 10.3. The molecule has 1 aliphatic carbocycles. The summed E-state index contributed by atoms with van der Waals surface area (Å²) in [6.45, 7) is 0.635. The number of carbonyl (C=O) groups is 3. The smallest absolute Gasteiger partial charge is 0.359 e. The number of unbranched alkanes of at least 4 members (excludes halogenated alkanes) is 2. The minimum absolute atomic E-state index is 0.00175. The maximum absolute atomic E-state index is 12.7. The van der Waals surface area contributed by atoms with Crippen molar-refractivity contribution in [3.05, 3.63) is 58.3 Å². The van der Waals surface area contributed by atoms with E-state index in [2.05, 4.69) is 14.9 Å². The van der Waals surface area contributed by atoms with Gasteiger partial charge in [0.2, 0.25) is 11.6 Å². The molecule has 7 nitrogen and oxygen atoms in total. The fourth-order valence-corrected chi connectivity index (χ4v) is 3.73. The zero-order valence-corrected chi connectivity index (χ0v) is 16.2. The molecule has 8 heteroatoms. The maximum atomic E-state index is 12.7. The van der Waals surface area contributed by atoms with Crippen LogP contribution in [0, 0.1) is 0 Å². The predicted molar refractivity (Wildman–Crippen MR) is 105 cm³/mol. The van der Waals surface area contributed by atoms with E-state index in [1.165, 1.54) is 24.9 Å². The second-order valence-electron chi connectivity index (χ2n) is 6.09. The van der Waals surface area contributed by atoms with Crippen LogP contribution >= 0.6 is 11.8 Å². The third kappa shape index (κ3) is 4.51. The predicted octanol–water partition coefficient (Wildman–Crippen LogP) is 3.44. The van der Waals surface area contributed by atoms with Crippen molar-refractivity contribution in [2.45, 2.75) is 19.3 Å². The number of hydrogen-bond acceptors (Lipinski definition) is 7. The number of esters is 1. The number of hydrogen-bond donors (Lipinski definition) is 1. The molecule has 1 heterocycles. The maximum Gasteiger partial charge on any atom is 0.359 e. The highest BCUT2D eigenvalue weighted by atomic mass is 32.2. The van der Waals surface area contributed by atoms with E-state index in [9.17, 15) is 14.4 Å². The average molecular weight is 400 g/mol. The first-order valence-electron chi connectivity index (χ1n) is 8.90. The number of Topliss-reactive ketones (excluding diaryl/α,β-unsaturated/α-hetero) is 1. The number of fused-ring (bicyclic) bond motifs is 1. The molecule has 2 aromatic rings. The second kappa shape index (κ2) is 9.36. The van der Waals surface area contributed by atoms with Crippen LogP contribution in [-0.2, 0) is 4.74 Å². The molecular formula is C20H20N2O5S. The van der Waals surface area contributed by atoms with Gasteiger partial charge >= 0.3 is 5.97 Å². The molecule has 3 rings (SSSR count). The lowest BCUT2D eigenvalue weighted by Crippen LogP contribution is -2.18. The zero-order valence-electron chi connectivity index (χ0n) is 15.4. The van der Waals surface area contributed by atoms with Gasteiger partial charge in [-0.25, -0.2) is 4.79 Å². The number of ether oxygens (including phenoxy) is 2. The van der Waals surface area contributed by atoms with Crippen molar-refractivity contribution in [3.63, 3.8) is 0 Å². The number of aromatic nitrogens is 2. The normalized spacial score (nSPS) is 13.1. The summed E-state index contributed by atoms with van der Waals surface area (Å²) in [6.07, 6.45) is 4.02. The number of thioether (sulfide) groups is 1. The van der Waals surface area contributed by atoms with E-state index < -0.39 is 5.97 Å². The van der Waals surface area contributed by atoms with E-state index in [1.807, 2.05) is 30.3 Å². The Kier molecular flexibility index (Phi) is 6.65. The number of rotatable bonds is 9. The Morgan fingerprint density at radius 2 is 1.93 bits per heavy atom. The Balaban J connectivity index is 1.46. The van der Waals surface area contributed by atoms with Crippen LogP contribution in [0.25, 0.3) is 0 Å². The van der Waals surface area contributed by atoms with Gasteiger partial charge in [-0.2, -0.15) is 5.10 Å². The number of methoxy groups -OCH3 is 1. The van der Waals surface area contributed by atoms with Gasteiger partial charge in [0, 0.05) is 6.08 Å². The lowest BCUT2D eigenvalue weighted by molar-refractivity contribution is 0.0591. The SMILES string of the molecule is COC(=O)c1n[nH]c2c1C(=O)C(SCCCCCOc1ccccc1)=CC2=O. The zero-order chi connectivity index (χ0) is 19.9. The number of para-hydroxylation sites is 1. The van der Waals surface area contributed by atoms with Crippen molar-refractivity contribution in [1.29, 1.82) is 0 Å². The van der Waals surface area contributed by atoms with Gasteiger partial charge in [0.1, 0.15) is 11.4 Å². The average Bonchev–Trinajstić information content (AvgIpc) is 3.17. The van der Waals surface area contributed by atoms with Crippen LogP contribution in [0.3, 0.4) is 0 Å². The summed E-state index contributed by atoms with van der Waals surface area (Å²) in [4.78, 5) is 36.9. The molecule has 0 aliphatic heterocycles. The van der Waals surface area contributed by atoms with E-state index in [0.717, 1.165) is 25.0 Å². The van der Waals surface area contributed by atoms with Gasteiger partial charge in [-0.3, -0.25) is 14.7 Å². The van der Waals surface area contributed by atoms with Crippen molar-refractivity contribution < 1.29 is 23.9 Å². The van der Waals surface area contributed by atoms with Gasteiger partial charge < -0.3 is 9.47 Å². The molecule has 146 valence electrons. The molecule has 0 unspecified atom stereocenters. The van der Waals surface area contributed by atoms with Crippen LogP contribution in [-0.4, -0.2) is 47.2 Å². The Hall–Kier alpha value is -2.87. The van der Waals surface area contributed by atoms with Gasteiger partial charge in [0.05, 0.1) is 24.2 Å². The lowest BCUT2D eigenvalue weighted by atomic mass is 9.99. The Labute approximate surface area is 166 Å². The number of allylic oxidation sites excluding steroid dienone is 2.